The first-order valence-electron chi connectivity index (χ1n) is 5.05. The molecule has 0 radical (unpaired) electrons. The van der Waals surface area contributed by atoms with E-state index in [-0.39, 0.29) is 5.82 Å². The Kier molecular flexibility index (Phi) is 6.26. The summed E-state index contributed by atoms with van der Waals surface area (Å²) in [5.74, 6) is -0.0640. The molecule has 3 nitrogen and oxygen atoms in total. The molecular weight excluding hydrogens is 273 g/mol. The van der Waals surface area contributed by atoms with Gasteiger partial charge in [-0.3, -0.25) is 10.3 Å². The van der Waals surface area contributed by atoms with Crippen LogP contribution in [0.5, 0.6) is 0 Å². The molecule has 1 aromatic carbocycles. The number of aliphatic imine (C=N–C) groups is 1. The molecule has 1 aromatic rings. The number of nitriles is 1. The summed E-state index contributed by atoms with van der Waals surface area (Å²) in [7, 11) is 0. The lowest BCUT2D eigenvalue weighted by Gasteiger charge is -2.06. The Morgan fingerprint density at radius 2 is 2.44 bits per heavy atom. The summed E-state index contributed by atoms with van der Waals surface area (Å²) in [5, 5.41) is 11.8. The number of halogens is 2. The van der Waals surface area contributed by atoms with Crippen LogP contribution in [0.1, 0.15) is 5.56 Å². The maximum absolute atomic E-state index is 13.5. The van der Waals surface area contributed by atoms with E-state index in [0.717, 1.165) is 0 Å². The van der Waals surface area contributed by atoms with Crippen molar-refractivity contribution >= 4 is 28.5 Å². The summed E-state index contributed by atoms with van der Waals surface area (Å²) in [5.41, 5.74) is 0.398. The van der Waals surface area contributed by atoms with Crippen molar-refractivity contribution in [3.05, 3.63) is 47.3 Å². The zero-order valence-electron chi connectivity index (χ0n) is 9.49. The van der Waals surface area contributed by atoms with Gasteiger partial charge in [-0.2, -0.15) is 5.26 Å². The van der Waals surface area contributed by atoms with Crippen molar-refractivity contribution in [1.82, 2.24) is 5.32 Å². The van der Waals surface area contributed by atoms with Gasteiger partial charge in [0.15, 0.2) is 11.4 Å². The normalized spacial score (nSPS) is 10.8. The van der Waals surface area contributed by atoms with Gasteiger partial charge < -0.3 is 0 Å². The molecule has 0 atom stereocenters. The first-order chi connectivity index (χ1) is 8.69. The molecule has 6 heteroatoms. The van der Waals surface area contributed by atoms with Gasteiger partial charge in [-0.05, 0) is 12.1 Å². The van der Waals surface area contributed by atoms with E-state index in [0.29, 0.717) is 28.1 Å². The number of nitrogens with zero attached hydrogens (tertiary/aromatic N) is 2. The highest BCUT2D eigenvalue weighted by atomic mass is 35.5. The minimum atomic E-state index is -0.366. The van der Waals surface area contributed by atoms with Gasteiger partial charge in [0, 0.05) is 16.3 Å². The lowest BCUT2D eigenvalue weighted by atomic mass is 10.2. The number of thioether (sulfide) groups is 1. The molecule has 0 aliphatic rings. The zero-order valence-corrected chi connectivity index (χ0v) is 11.1. The van der Waals surface area contributed by atoms with Gasteiger partial charge in [0.1, 0.15) is 5.82 Å². The van der Waals surface area contributed by atoms with Crippen molar-refractivity contribution in [2.45, 2.75) is 5.75 Å². The number of hydrogen-bond acceptors (Lipinski definition) is 3. The molecule has 0 spiro atoms. The van der Waals surface area contributed by atoms with Crippen LogP contribution >= 0.6 is 23.4 Å². The van der Waals surface area contributed by atoms with E-state index in [4.69, 9.17) is 16.9 Å². The Bertz CT molecular complexity index is 476. The lowest BCUT2D eigenvalue weighted by Crippen LogP contribution is -2.14. The smallest absolute Gasteiger partial charge is 0.183 e. The van der Waals surface area contributed by atoms with Gasteiger partial charge in [0.2, 0.25) is 0 Å². The Balaban J connectivity index is 2.73. The monoisotopic (exact) mass is 283 g/mol. The summed E-state index contributed by atoms with van der Waals surface area (Å²) >= 11 is 7.11. The van der Waals surface area contributed by atoms with Gasteiger partial charge >= 0.3 is 0 Å². The summed E-state index contributed by atoms with van der Waals surface area (Å²) in [6.07, 6.45) is 3.39. The fourth-order valence-corrected chi connectivity index (χ4v) is 2.29. The first kappa shape index (κ1) is 14.6. The second-order valence-corrected chi connectivity index (χ2v) is 4.53. The van der Waals surface area contributed by atoms with Gasteiger partial charge in [-0.1, -0.05) is 35.5 Å². The van der Waals surface area contributed by atoms with Crippen molar-refractivity contribution in [3.8, 4) is 6.19 Å². The third kappa shape index (κ3) is 4.40. The van der Waals surface area contributed by atoms with E-state index in [1.54, 1.807) is 24.4 Å². The molecule has 0 amide bonds. The molecule has 0 aliphatic heterocycles. The Morgan fingerprint density at radius 3 is 3.06 bits per heavy atom. The number of rotatable bonds is 4. The van der Waals surface area contributed by atoms with Crippen LogP contribution in [0.2, 0.25) is 5.02 Å². The lowest BCUT2D eigenvalue weighted by molar-refractivity contribution is 0.617. The number of hydrogen-bond donors (Lipinski definition) is 1. The molecule has 1 rings (SSSR count). The Morgan fingerprint density at radius 1 is 1.67 bits per heavy atom. The SMILES string of the molecule is C=CCN=C(NC#N)SCc1c(F)cccc1Cl. The van der Waals surface area contributed by atoms with Crippen molar-refractivity contribution < 1.29 is 4.39 Å². The second-order valence-electron chi connectivity index (χ2n) is 3.16. The maximum atomic E-state index is 13.5. The van der Waals surface area contributed by atoms with Crippen LogP contribution < -0.4 is 5.32 Å². The molecule has 0 heterocycles. The summed E-state index contributed by atoms with van der Waals surface area (Å²) in [6, 6.07) is 4.52. The van der Waals surface area contributed by atoms with Crippen LogP contribution in [0.25, 0.3) is 0 Å². The highest BCUT2D eigenvalue weighted by Gasteiger charge is 2.08. The molecule has 0 fully saturated rings. The number of benzene rings is 1. The summed E-state index contributed by atoms with van der Waals surface area (Å²) < 4.78 is 13.5. The minimum Gasteiger partial charge on any atom is -0.272 e. The van der Waals surface area contributed by atoms with Gasteiger partial charge in [-0.15, -0.1) is 6.58 Å². The highest BCUT2D eigenvalue weighted by Crippen LogP contribution is 2.24. The predicted molar refractivity (Wildman–Crippen MR) is 74.0 cm³/mol. The average Bonchev–Trinajstić information content (AvgIpc) is 2.35. The van der Waals surface area contributed by atoms with Crippen LogP contribution in [0.15, 0.2) is 35.8 Å². The largest absolute Gasteiger partial charge is 0.272 e. The molecule has 0 unspecified atom stereocenters. The fraction of sp³-hybridized carbons (Fsp3) is 0.167. The zero-order chi connectivity index (χ0) is 13.4. The summed E-state index contributed by atoms with van der Waals surface area (Å²) in [6.45, 7) is 3.92. The van der Waals surface area contributed by atoms with E-state index in [1.165, 1.54) is 17.8 Å². The quantitative estimate of drug-likeness (QED) is 0.303. The van der Waals surface area contributed by atoms with E-state index >= 15 is 0 Å². The fourth-order valence-electron chi connectivity index (χ4n) is 1.13. The second kappa shape index (κ2) is 7.75. The molecule has 0 saturated carbocycles. The van der Waals surface area contributed by atoms with E-state index in [9.17, 15) is 4.39 Å². The molecule has 0 bridgehead atoms. The van der Waals surface area contributed by atoms with Gasteiger partial charge in [-0.25, -0.2) is 4.39 Å². The van der Waals surface area contributed by atoms with Crippen LogP contribution in [-0.2, 0) is 5.75 Å². The van der Waals surface area contributed by atoms with Gasteiger partial charge in [0.25, 0.3) is 0 Å². The molecule has 0 saturated heterocycles. The van der Waals surface area contributed by atoms with E-state index < -0.39 is 0 Å². The highest BCUT2D eigenvalue weighted by molar-refractivity contribution is 8.13. The molecule has 1 N–H and O–H groups in total. The standard InChI is InChI=1S/C12H11ClFN3S/c1-2-6-16-12(17-8-15)18-7-9-10(13)4-3-5-11(9)14/h2-5H,1,6-7H2,(H,16,17). The number of amidine groups is 1. The molecule has 0 aromatic heterocycles. The average molecular weight is 284 g/mol. The van der Waals surface area contributed by atoms with Crippen molar-refractivity contribution in [3.63, 3.8) is 0 Å². The third-order valence-corrected chi connectivity index (χ3v) is 3.23. The van der Waals surface area contributed by atoms with Crippen LogP contribution in [-0.4, -0.2) is 11.7 Å². The Hall–Kier alpha value is -1.51. The van der Waals surface area contributed by atoms with Gasteiger partial charge in [0.05, 0.1) is 6.54 Å². The first-order valence-corrected chi connectivity index (χ1v) is 6.41. The van der Waals surface area contributed by atoms with Crippen molar-refractivity contribution in [1.29, 1.82) is 5.26 Å². The van der Waals surface area contributed by atoms with E-state index in [1.807, 2.05) is 0 Å². The van der Waals surface area contributed by atoms with E-state index in [2.05, 4.69) is 16.9 Å². The topological polar surface area (TPSA) is 48.2 Å². The molecule has 18 heavy (non-hydrogen) atoms. The Labute approximate surface area is 114 Å². The molecule has 94 valence electrons. The third-order valence-electron chi connectivity index (χ3n) is 1.94. The maximum Gasteiger partial charge on any atom is 0.183 e. The minimum absolute atomic E-state index is 0.302. The van der Waals surface area contributed by atoms with Crippen molar-refractivity contribution in [2.24, 2.45) is 4.99 Å². The number of nitrogens with one attached hydrogen (secondary N) is 1. The molecular formula is C12H11ClFN3S. The van der Waals surface area contributed by atoms with Crippen LogP contribution in [0.3, 0.4) is 0 Å². The molecule has 0 aliphatic carbocycles. The van der Waals surface area contributed by atoms with Crippen LogP contribution in [0.4, 0.5) is 4.39 Å². The predicted octanol–water partition coefficient (Wildman–Crippen LogP) is 3.32. The van der Waals surface area contributed by atoms with Crippen LogP contribution in [0, 0.1) is 17.3 Å². The van der Waals surface area contributed by atoms with Crippen molar-refractivity contribution in [2.75, 3.05) is 6.54 Å². The summed E-state index contributed by atoms with van der Waals surface area (Å²) in [4.78, 5) is 4.07.